The number of aliphatic carboxylic acids is 1. The minimum Gasteiger partial charge on any atom is -0.480 e. The van der Waals surface area contributed by atoms with E-state index in [-0.39, 0.29) is 53.6 Å². The standard InChI is InChI=1S/C40H50N2O5S2/c1-27(22-36(43)42(26-37(44)45)25-28-8-5-4-6-9-28)49-48-21-17-38(46)47-31-15-18-39(2)30(23-31)11-12-32-34-14-13-33(29-10-7-20-41-24-29)40(34,3)19-16-35(32)39/h4-11,13,20,24,27,31-32,34-35H,12,14-19,21-23,25-26H2,1-3H3,(H,44,45)/t27-,31+,32+,34+,35+,39+,40-/m1/s1. The van der Waals surface area contributed by atoms with Crippen LogP contribution in [-0.4, -0.2) is 56.5 Å². The van der Waals surface area contributed by atoms with Gasteiger partial charge >= 0.3 is 11.9 Å². The van der Waals surface area contributed by atoms with Gasteiger partial charge in [0.2, 0.25) is 5.91 Å². The van der Waals surface area contributed by atoms with E-state index in [2.05, 4.69) is 43.1 Å². The number of rotatable bonds is 13. The molecule has 0 spiro atoms. The smallest absolute Gasteiger partial charge is 0.323 e. The van der Waals surface area contributed by atoms with Gasteiger partial charge in [-0.05, 0) is 89.9 Å². The van der Waals surface area contributed by atoms with Crippen LogP contribution in [0.4, 0.5) is 0 Å². The summed E-state index contributed by atoms with van der Waals surface area (Å²) in [5.41, 5.74) is 5.59. The van der Waals surface area contributed by atoms with Crippen molar-refractivity contribution < 1.29 is 24.2 Å². The van der Waals surface area contributed by atoms with Crippen molar-refractivity contribution in [2.45, 2.75) is 96.5 Å². The Hall–Kier alpha value is -3.04. The number of fused-ring (bicyclic) bond motifs is 5. The van der Waals surface area contributed by atoms with Gasteiger partial charge in [-0.15, -0.1) is 0 Å². The number of hydrogen-bond donors (Lipinski definition) is 1. The van der Waals surface area contributed by atoms with Gasteiger partial charge in [0, 0.05) is 42.8 Å². The maximum atomic E-state index is 12.9. The van der Waals surface area contributed by atoms with E-state index in [0.29, 0.717) is 29.9 Å². The van der Waals surface area contributed by atoms with Crippen LogP contribution in [0.25, 0.3) is 5.57 Å². The maximum absolute atomic E-state index is 12.9. The van der Waals surface area contributed by atoms with E-state index in [1.54, 1.807) is 21.6 Å². The predicted molar refractivity (Wildman–Crippen MR) is 197 cm³/mol. The van der Waals surface area contributed by atoms with Crippen molar-refractivity contribution in [1.29, 1.82) is 0 Å². The molecule has 2 fully saturated rings. The summed E-state index contributed by atoms with van der Waals surface area (Å²) in [7, 11) is 3.13. The third kappa shape index (κ3) is 7.98. The average molecular weight is 703 g/mol. The van der Waals surface area contributed by atoms with Crippen LogP contribution in [0.5, 0.6) is 0 Å². The quantitative estimate of drug-likeness (QED) is 0.0960. The summed E-state index contributed by atoms with van der Waals surface area (Å²) < 4.78 is 6.03. The molecule has 1 heterocycles. The second kappa shape index (κ2) is 15.5. The molecule has 4 aliphatic carbocycles. The number of allylic oxidation sites excluding steroid dienone is 3. The molecule has 7 atom stereocenters. The first kappa shape index (κ1) is 35.8. The zero-order chi connectivity index (χ0) is 34.6. The normalized spacial score (nSPS) is 29.4. The topological polar surface area (TPSA) is 96.8 Å². The van der Waals surface area contributed by atoms with Crippen LogP contribution in [-0.2, 0) is 25.7 Å². The molecule has 262 valence electrons. The Morgan fingerprint density at radius 2 is 1.82 bits per heavy atom. The number of nitrogens with zero attached hydrogens (tertiary/aromatic N) is 2. The number of benzene rings is 1. The molecule has 4 aliphatic rings. The fourth-order valence-corrected chi connectivity index (χ4v) is 11.6. The molecule has 49 heavy (non-hydrogen) atoms. The molecule has 2 saturated carbocycles. The lowest BCUT2D eigenvalue weighted by Crippen LogP contribution is -2.50. The van der Waals surface area contributed by atoms with Crippen molar-refractivity contribution in [3.63, 3.8) is 0 Å². The number of hydrogen-bond acceptors (Lipinski definition) is 7. The number of esters is 1. The summed E-state index contributed by atoms with van der Waals surface area (Å²) in [6.45, 7) is 6.90. The Balaban J connectivity index is 0.944. The highest BCUT2D eigenvalue weighted by molar-refractivity contribution is 8.76. The van der Waals surface area contributed by atoms with Crippen LogP contribution in [0.3, 0.4) is 0 Å². The summed E-state index contributed by atoms with van der Waals surface area (Å²) >= 11 is 0. The van der Waals surface area contributed by atoms with Crippen molar-refractivity contribution >= 4 is 45.0 Å². The molecule has 1 N–H and O–H groups in total. The molecule has 0 saturated heterocycles. The second-order valence-electron chi connectivity index (χ2n) is 15.0. The number of carboxylic acid groups (broad SMARTS) is 1. The summed E-state index contributed by atoms with van der Waals surface area (Å²) in [6, 6.07) is 13.7. The Kier molecular flexibility index (Phi) is 11.3. The molecule has 2 aromatic rings. The first-order valence-electron chi connectivity index (χ1n) is 17.9. The SMILES string of the molecule is C[C@H](CC(=O)N(CC(=O)O)Cc1ccccc1)SSCCC(=O)O[C@H]1CC[C@@]2(C)C(=CC[C@@H]3[C@@H]2CC[C@]2(C)C(c4cccnc4)=CC[C@@H]32)C1. The van der Waals surface area contributed by atoms with Crippen molar-refractivity contribution in [1.82, 2.24) is 9.88 Å². The number of pyridine rings is 1. The highest BCUT2D eigenvalue weighted by Crippen LogP contribution is 2.66. The van der Waals surface area contributed by atoms with Crippen molar-refractivity contribution in [2.24, 2.45) is 28.6 Å². The molecule has 0 aliphatic heterocycles. The Morgan fingerprint density at radius 1 is 1.02 bits per heavy atom. The van der Waals surface area contributed by atoms with Crippen LogP contribution in [0.1, 0.15) is 89.7 Å². The van der Waals surface area contributed by atoms with E-state index in [1.807, 2.05) is 49.6 Å². The van der Waals surface area contributed by atoms with Crippen LogP contribution in [0, 0.1) is 28.6 Å². The summed E-state index contributed by atoms with van der Waals surface area (Å²) in [6.07, 6.45) is 17.0. The summed E-state index contributed by atoms with van der Waals surface area (Å²) in [4.78, 5) is 43.0. The predicted octanol–water partition coefficient (Wildman–Crippen LogP) is 8.61. The molecular weight excluding hydrogens is 653 g/mol. The number of aromatic nitrogens is 1. The Bertz CT molecular complexity index is 1560. The largest absolute Gasteiger partial charge is 0.480 e. The molecule has 0 radical (unpaired) electrons. The van der Waals surface area contributed by atoms with E-state index in [1.165, 1.54) is 34.5 Å². The van der Waals surface area contributed by atoms with Gasteiger partial charge in [0.15, 0.2) is 0 Å². The highest BCUT2D eigenvalue weighted by Gasteiger charge is 2.57. The van der Waals surface area contributed by atoms with Gasteiger partial charge in [-0.2, -0.15) is 0 Å². The van der Waals surface area contributed by atoms with Gasteiger partial charge in [-0.25, -0.2) is 0 Å². The van der Waals surface area contributed by atoms with Gasteiger partial charge in [0.25, 0.3) is 0 Å². The van der Waals surface area contributed by atoms with Gasteiger partial charge < -0.3 is 14.7 Å². The molecule has 9 heteroatoms. The fourth-order valence-electron chi connectivity index (χ4n) is 9.41. The number of carbonyl (C=O) groups excluding carboxylic acids is 2. The van der Waals surface area contributed by atoms with Crippen molar-refractivity contribution in [3.05, 3.63) is 83.7 Å². The van der Waals surface area contributed by atoms with E-state index in [9.17, 15) is 19.5 Å². The zero-order valence-electron chi connectivity index (χ0n) is 29.0. The van der Waals surface area contributed by atoms with Gasteiger partial charge in [-0.3, -0.25) is 19.4 Å². The molecule has 1 aromatic heterocycles. The number of ether oxygens (including phenoxy) is 1. The number of carboxylic acids is 1. The first-order valence-corrected chi connectivity index (χ1v) is 20.3. The third-order valence-corrected chi connectivity index (χ3v) is 14.8. The van der Waals surface area contributed by atoms with E-state index in [4.69, 9.17) is 4.74 Å². The summed E-state index contributed by atoms with van der Waals surface area (Å²) in [5, 5.41) is 9.31. The van der Waals surface area contributed by atoms with Crippen molar-refractivity contribution in [2.75, 3.05) is 12.3 Å². The lowest BCUT2D eigenvalue weighted by Gasteiger charge is -2.57. The highest BCUT2D eigenvalue weighted by atomic mass is 33.1. The van der Waals surface area contributed by atoms with Gasteiger partial charge in [0.1, 0.15) is 12.6 Å². The monoisotopic (exact) mass is 702 g/mol. The Morgan fingerprint density at radius 3 is 2.57 bits per heavy atom. The minimum absolute atomic E-state index is 0.0155. The van der Waals surface area contributed by atoms with E-state index in [0.717, 1.165) is 37.7 Å². The van der Waals surface area contributed by atoms with E-state index < -0.39 is 5.97 Å². The van der Waals surface area contributed by atoms with Crippen LogP contribution >= 0.6 is 21.6 Å². The van der Waals surface area contributed by atoms with Gasteiger partial charge in [-0.1, -0.05) is 96.5 Å². The van der Waals surface area contributed by atoms with Gasteiger partial charge in [0.05, 0.1) is 6.42 Å². The molecule has 1 aromatic carbocycles. The Labute approximate surface area is 299 Å². The lowest BCUT2D eigenvalue weighted by atomic mass is 9.47. The second-order valence-corrected chi connectivity index (χ2v) is 17.9. The third-order valence-electron chi connectivity index (χ3n) is 11.9. The number of amides is 1. The van der Waals surface area contributed by atoms with E-state index >= 15 is 0 Å². The first-order chi connectivity index (χ1) is 23.6. The molecule has 1 amide bonds. The molecule has 0 bridgehead atoms. The lowest BCUT2D eigenvalue weighted by molar-refractivity contribution is -0.150. The van der Waals surface area contributed by atoms with Crippen LogP contribution < -0.4 is 0 Å². The maximum Gasteiger partial charge on any atom is 0.323 e. The average Bonchev–Trinajstić information content (AvgIpc) is 3.44. The molecular formula is C40H50N2O5S2. The van der Waals surface area contributed by atoms with Crippen LogP contribution in [0.15, 0.2) is 72.6 Å². The zero-order valence-corrected chi connectivity index (χ0v) is 30.6. The number of carbonyl (C=O) groups is 3. The molecule has 7 nitrogen and oxygen atoms in total. The minimum atomic E-state index is -1.03. The fraction of sp³-hybridized carbons (Fsp3) is 0.550. The summed E-state index contributed by atoms with van der Waals surface area (Å²) in [5.74, 6) is 1.29. The molecule has 6 rings (SSSR count). The van der Waals surface area contributed by atoms with Crippen LogP contribution in [0.2, 0.25) is 0 Å². The molecule has 0 unspecified atom stereocenters. The van der Waals surface area contributed by atoms with Crippen molar-refractivity contribution in [3.8, 4) is 0 Å².